The third-order valence-corrected chi connectivity index (χ3v) is 5.39. The molecule has 0 N–H and O–H groups in total. The number of carbonyl (C=O) groups excluding carboxylic acids is 1. The van der Waals surface area contributed by atoms with Crippen LogP contribution in [-0.2, 0) is 11.3 Å². The molecule has 0 unspecified atom stereocenters. The van der Waals surface area contributed by atoms with Crippen LogP contribution in [-0.4, -0.2) is 36.7 Å². The average Bonchev–Trinajstić information content (AvgIpc) is 2.69. The van der Waals surface area contributed by atoms with Crippen molar-refractivity contribution >= 4 is 24.2 Å². The van der Waals surface area contributed by atoms with Crippen molar-refractivity contribution < 1.29 is 13.9 Å². The molecular weight excluding hydrogens is 367 g/mol. The lowest BCUT2D eigenvalue weighted by Gasteiger charge is -2.44. The van der Waals surface area contributed by atoms with Crippen LogP contribution in [0.15, 0.2) is 54.6 Å². The van der Waals surface area contributed by atoms with E-state index < -0.39 is 0 Å². The van der Waals surface area contributed by atoms with E-state index in [1.54, 1.807) is 17.0 Å². The van der Waals surface area contributed by atoms with Crippen molar-refractivity contribution in [3.63, 3.8) is 0 Å². The smallest absolute Gasteiger partial charge is 0.414 e. The molecule has 6 heteroatoms. The van der Waals surface area contributed by atoms with E-state index in [0.717, 1.165) is 43.7 Å². The normalized spacial score (nSPS) is 23.4. The van der Waals surface area contributed by atoms with Crippen molar-refractivity contribution in [1.29, 1.82) is 0 Å². The zero-order chi connectivity index (χ0) is 17.9. The number of fused-ring (bicyclic) bond motifs is 3. The van der Waals surface area contributed by atoms with Crippen LogP contribution in [0, 0.1) is 11.7 Å². The summed E-state index contributed by atoms with van der Waals surface area (Å²) in [6.07, 6.45) is 1.83. The van der Waals surface area contributed by atoms with Crippen molar-refractivity contribution in [3.05, 3.63) is 66.0 Å². The molecule has 2 bridgehead atoms. The van der Waals surface area contributed by atoms with Crippen molar-refractivity contribution in [1.82, 2.24) is 4.90 Å². The number of para-hydroxylation sites is 1. The SMILES string of the molecule is Cl.O=C(O[C@H]1CN2CCC1CC2)N(Cc1ccc(F)cc1)c1ccccc1. The monoisotopic (exact) mass is 390 g/mol. The molecule has 3 aliphatic rings. The summed E-state index contributed by atoms with van der Waals surface area (Å²) in [5.41, 5.74) is 1.64. The van der Waals surface area contributed by atoms with Gasteiger partial charge < -0.3 is 4.74 Å². The van der Waals surface area contributed by atoms with Gasteiger partial charge in [0, 0.05) is 12.2 Å². The molecule has 1 amide bonds. The fraction of sp³-hybridized carbons (Fsp3) is 0.381. The molecule has 5 rings (SSSR count). The topological polar surface area (TPSA) is 32.8 Å². The zero-order valence-electron chi connectivity index (χ0n) is 15.1. The average molecular weight is 391 g/mol. The predicted octanol–water partition coefficient (Wildman–Crippen LogP) is 4.48. The summed E-state index contributed by atoms with van der Waals surface area (Å²) in [5, 5.41) is 0. The highest BCUT2D eigenvalue weighted by molar-refractivity contribution is 5.87. The first kappa shape index (κ1) is 19.6. The van der Waals surface area contributed by atoms with Crippen LogP contribution in [0.5, 0.6) is 0 Å². The Bertz CT molecular complexity index is 749. The van der Waals surface area contributed by atoms with Gasteiger partial charge in [-0.2, -0.15) is 0 Å². The van der Waals surface area contributed by atoms with E-state index in [0.29, 0.717) is 12.5 Å². The van der Waals surface area contributed by atoms with Gasteiger partial charge in [-0.1, -0.05) is 30.3 Å². The molecule has 3 saturated heterocycles. The fourth-order valence-electron chi connectivity index (χ4n) is 3.88. The van der Waals surface area contributed by atoms with E-state index in [1.165, 1.54) is 12.1 Å². The highest BCUT2D eigenvalue weighted by Crippen LogP contribution is 2.30. The highest BCUT2D eigenvalue weighted by atomic mass is 35.5. The second-order valence-electron chi connectivity index (χ2n) is 7.11. The molecule has 27 heavy (non-hydrogen) atoms. The highest BCUT2D eigenvalue weighted by Gasteiger charge is 2.37. The number of ether oxygens (including phenoxy) is 1. The lowest BCUT2D eigenvalue weighted by Crippen LogP contribution is -2.53. The first-order chi connectivity index (χ1) is 12.7. The Kier molecular flexibility index (Phi) is 6.34. The molecule has 2 aromatic rings. The minimum Gasteiger partial charge on any atom is -0.444 e. The van der Waals surface area contributed by atoms with Crippen molar-refractivity contribution in [3.8, 4) is 0 Å². The molecule has 3 fully saturated rings. The quantitative estimate of drug-likeness (QED) is 0.771. The molecule has 2 aromatic carbocycles. The van der Waals surface area contributed by atoms with Crippen LogP contribution in [0.25, 0.3) is 0 Å². The first-order valence-electron chi connectivity index (χ1n) is 9.19. The summed E-state index contributed by atoms with van der Waals surface area (Å²) >= 11 is 0. The first-order valence-corrected chi connectivity index (χ1v) is 9.19. The Labute approximate surface area is 165 Å². The lowest BCUT2D eigenvalue weighted by molar-refractivity contribution is -0.0311. The van der Waals surface area contributed by atoms with Crippen LogP contribution >= 0.6 is 12.4 Å². The molecule has 0 aromatic heterocycles. The van der Waals surface area contributed by atoms with Crippen molar-refractivity contribution in [2.24, 2.45) is 5.92 Å². The van der Waals surface area contributed by atoms with Gasteiger partial charge in [-0.05, 0) is 61.7 Å². The second-order valence-corrected chi connectivity index (χ2v) is 7.11. The molecule has 0 aliphatic carbocycles. The number of halogens is 2. The number of benzene rings is 2. The van der Waals surface area contributed by atoms with Crippen LogP contribution in [0.2, 0.25) is 0 Å². The number of hydrogen-bond acceptors (Lipinski definition) is 3. The molecular formula is C21H24ClFN2O2. The van der Waals surface area contributed by atoms with E-state index >= 15 is 0 Å². The van der Waals surface area contributed by atoms with Gasteiger partial charge in [-0.3, -0.25) is 9.80 Å². The summed E-state index contributed by atoms with van der Waals surface area (Å²) in [6, 6.07) is 15.7. The standard InChI is InChI=1S/C21H23FN2O2.ClH/c22-18-8-6-16(7-9-18)14-24(19-4-2-1-3-5-19)21(25)26-20-15-23-12-10-17(20)11-13-23;/h1-9,17,20H,10-15H2;1H/t20-;/m0./s1. The lowest BCUT2D eigenvalue weighted by atomic mass is 9.86. The Morgan fingerprint density at radius 3 is 2.33 bits per heavy atom. The van der Waals surface area contributed by atoms with Crippen LogP contribution < -0.4 is 4.90 Å². The Balaban J connectivity index is 0.00000210. The molecule has 0 radical (unpaired) electrons. The van der Waals surface area contributed by atoms with Crippen molar-refractivity contribution in [2.45, 2.75) is 25.5 Å². The third-order valence-electron chi connectivity index (χ3n) is 5.39. The van der Waals surface area contributed by atoms with E-state index in [2.05, 4.69) is 4.90 Å². The molecule has 0 saturated carbocycles. The van der Waals surface area contributed by atoms with Gasteiger partial charge in [0.2, 0.25) is 0 Å². The largest absolute Gasteiger partial charge is 0.444 e. The molecule has 144 valence electrons. The summed E-state index contributed by atoms with van der Waals surface area (Å²) in [6.45, 7) is 3.40. The van der Waals surface area contributed by atoms with Crippen LogP contribution in [0.4, 0.5) is 14.9 Å². The van der Waals surface area contributed by atoms with Gasteiger partial charge in [-0.15, -0.1) is 12.4 Å². The Morgan fingerprint density at radius 2 is 1.74 bits per heavy atom. The Hall–Kier alpha value is -2.11. The molecule has 1 atom stereocenters. The maximum Gasteiger partial charge on any atom is 0.414 e. The zero-order valence-corrected chi connectivity index (χ0v) is 15.9. The number of amides is 1. The van der Waals surface area contributed by atoms with Gasteiger partial charge >= 0.3 is 6.09 Å². The van der Waals surface area contributed by atoms with E-state index in [9.17, 15) is 9.18 Å². The van der Waals surface area contributed by atoms with E-state index in [4.69, 9.17) is 4.74 Å². The predicted molar refractivity (Wildman–Crippen MR) is 106 cm³/mol. The van der Waals surface area contributed by atoms with Crippen molar-refractivity contribution in [2.75, 3.05) is 24.5 Å². The summed E-state index contributed by atoms with van der Waals surface area (Å²) in [4.78, 5) is 17.0. The van der Waals surface area contributed by atoms with E-state index in [1.807, 2.05) is 30.3 Å². The second kappa shape index (κ2) is 8.72. The van der Waals surface area contributed by atoms with Gasteiger partial charge in [0.25, 0.3) is 0 Å². The number of piperidine rings is 3. The molecule has 3 aliphatic heterocycles. The summed E-state index contributed by atoms with van der Waals surface area (Å²) in [5.74, 6) is 0.183. The number of rotatable bonds is 4. The van der Waals surface area contributed by atoms with Gasteiger partial charge in [0.05, 0.1) is 6.54 Å². The Morgan fingerprint density at radius 1 is 1.07 bits per heavy atom. The third kappa shape index (κ3) is 4.60. The number of nitrogens with zero attached hydrogens (tertiary/aromatic N) is 2. The summed E-state index contributed by atoms with van der Waals surface area (Å²) in [7, 11) is 0. The maximum atomic E-state index is 13.2. The number of anilines is 1. The van der Waals surface area contributed by atoms with Gasteiger partial charge in [0.15, 0.2) is 0 Å². The summed E-state index contributed by atoms with van der Waals surface area (Å²) < 4.78 is 19.1. The minimum atomic E-state index is -0.334. The maximum absolute atomic E-state index is 13.2. The number of hydrogen-bond donors (Lipinski definition) is 0. The molecule has 0 spiro atoms. The molecule has 3 heterocycles. The molecule has 4 nitrogen and oxygen atoms in total. The van der Waals surface area contributed by atoms with Crippen LogP contribution in [0.3, 0.4) is 0 Å². The van der Waals surface area contributed by atoms with Gasteiger partial charge in [-0.25, -0.2) is 9.18 Å². The van der Waals surface area contributed by atoms with Crippen LogP contribution in [0.1, 0.15) is 18.4 Å². The number of carbonyl (C=O) groups is 1. The minimum absolute atomic E-state index is 0. The van der Waals surface area contributed by atoms with E-state index in [-0.39, 0.29) is 30.4 Å². The van der Waals surface area contributed by atoms with Gasteiger partial charge in [0.1, 0.15) is 11.9 Å². The fourth-order valence-corrected chi connectivity index (χ4v) is 3.88.